The number of rotatable bonds is 5. The first-order valence-corrected chi connectivity index (χ1v) is 6.58. The first kappa shape index (κ1) is 15.5. The zero-order chi connectivity index (χ0) is 14.5. The van der Waals surface area contributed by atoms with Crippen LogP contribution in [0.2, 0.25) is 0 Å². The van der Waals surface area contributed by atoms with Crippen molar-refractivity contribution in [3.05, 3.63) is 29.8 Å². The Labute approximate surface area is 115 Å². The molecule has 0 aliphatic rings. The molecule has 0 saturated heterocycles. The minimum absolute atomic E-state index is 0.126. The highest BCUT2D eigenvalue weighted by Crippen LogP contribution is 2.21. The van der Waals surface area contributed by atoms with Gasteiger partial charge in [-0.3, -0.25) is 0 Å². The number of carbonyl (C=O) groups excluding carboxylic acids is 1. The highest BCUT2D eigenvalue weighted by molar-refractivity contribution is 5.89. The fourth-order valence-electron chi connectivity index (χ4n) is 2.00. The summed E-state index contributed by atoms with van der Waals surface area (Å²) in [6.07, 6.45) is 0.287. The van der Waals surface area contributed by atoms with E-state index in [4.69, 9.17) is 0 Å². The molecule has 0 bridgehead atoms. The fraction of sp³-hybridized carbons (Fsp3) is 0.533. The number of aliphatic hydroxyl groups is 1. The molecular formula is C15H24N2O2. The highest BCUT2D eigenvalue weighted by atomic mass is 16.3. The van der Waals surface area contributed by atoms with Crippen LogP contribution >= 0.6 is 0 Å². The van der Waals surface area contributed by atoms with Crippen molar-refractivity contribution in [3.8, 4) is 0 Å². The summed E-state index contributed by atoms with van der Waals surface area (Å²) in [6.45, 7) is 8.32. The summed E-state index contributed by atoms with van der Waals surface area (Å²) in [7, 11) is 0. The summed E-state index contributed by atoms with van der Waals surface area (Å²) < 4.78 is 0. The molecule has 1 aromatic rings. The standard InChI is InChI=1S/C15H24N2O2/c1-11-5-7-13(8-6-11)17-14(19)16-10-15(3,4)9-12(2)18/h5-8,12,18H,9-10H2,1-4H3,(H2,16,17,19)/t12-/m1/s1. The topological polar surface area (TPSA) is 61.4 Å². The van der Waals surface area contributed by atoms with E-state index in [1.54, 1.807) is 6.92 Å². The van der Waals surface area contributed by atoms with Crippen LogP contribution in [0.15, 0.2) is 24.3 Å². The van der Waals surface area contributed by atoms with Gasteiger partial charge in [-0.15, -0.1) is 0 Å². The molecule has 0 aliphatic carbocycles. The smallest absolute Gasteiger partial charge is 0.319 e. The fourth-order valence-corrected chi connectivity index (χ4v) is 2.00. The third-order valence-electron chi connectivity index (χ3n) is 2.88. The van der Waals surface area contributed by atoms with Gasteiger partial charge in [-0.05, 0) is 37.8 Å². The van der Waals surface area contributed by atoms with Crippen molar-refractivity contribution >= 4 is 11.7 Å². The molecule has 0 heterocycles. The summed E-state index contributed by atoms with van der Waals surface area (Å²) in [5.74, 6) is 0. The molecule has 3 N–H and O–H groups in total. The Hall–Kier alpha value is -1.55. The molecule has 0 fully saturated rings. The second kappa shape index (κ2) is 6.57. The number of amides is 2. The largest absolute Gasteiger partial charge is 0.393 e. The average molecular weight is 264 g/mol. The van der Waals surface area contributed by atoms with Crippen molar-refractivity contribution in [1.29, 1.82) is 0 Å². The van der Waals surface area contributed by atoms with Crippen molar-refractivity contribution < 1.29 is 9.90 Å². The lowest BCUT2D eigenvalue weighted by atomic mass is 9.87. The van der Waals surface area contributed by atoms with E-state index in [0.29, 0.717) is 13.0 Å². The minimum Gasteiger partial charge on any atom is -0.393 e. The Bertz CT molecular complexity index is 411. The summed E-state index contributed by atoms with van der Waals surface area (Å²) in [6, 6.07) is 7.42. The van der Waals surface area contributed by atoms with Gasteiger partial charge < -0.3 is 15.7 Å². The number of aryl methyl sites for hydroxylation is 1. The predicted octanol–water partition coefficient (Wildman–Crippen LogP) is 2.91. The normalized spacial score (nSPS) is 12.9. The molecule has 106 valence electrons. The van der Waals surface area contributed by atoms with Gasteiger partial charge >= 0.3 is 6.03 Å². The maximum Gasteiger partial charge on any atom is 0.319 e. The summed E-state index contributed by atoms with van der Waals surface area (Å²) >= 11 is 0. The number of aliphatic hydroxyl groups excluding tert-OH is 1. The van der Waals surface area contributed by atoms with E-state index in [1.807, 2.05) is 45.0 Å². The average Bonchev–Trinajstić information content (AvgIpc) is 2.28. The van der Waals surface area contributed by atoms with Crippen LogP contribution in [-0.4, -0.2) is 23.8 Å². The zero-order valence-electron chi connectivity index (χ0n) is 12.2. The van der Waals surface area contributed by atoms with Crippen LogP contribution in [0.5, 0.6) is 0 Å². The molecule has 1 atom stereocenters. The van der Waals surface area contributed by atoms with Crippen molar-refractivity contribution in [3.63, 3.8) is 0 Å². The van der Waals surface area contributed by atoms with E-state index < -0.39 is 0 Å². The molecule has 0 aliphatic heterocycles. The zero-order valence-corrected chi connectivity index (χ0v) is 12.2. The van der Waals surface area contributed by atoms with E-state index in [1.165, 1.54) is 0 Å². The predicted molar refractivity (Wildman–Crippen MR) is 78.3 cm³/mol. The SMILES string of the molecule is Cc1ccc(NC(=O)NCC(C)(C)C[C@@H](C)O)cc1. The molecule has 2 amide bonds. The number of hydrogen-bond donors (Lipinski definition) is 3. The first-order chi connectivity index (χ1) is 8.78. The Kier molecular flexibility index (Phi) is 5.36. The third-order valence-corrected chi connectivity index (χ3v) is 2.88. The van der Waals surface area contributed by atoms with Crippen molar-refractivity contribution in [2.75, 3.05) is 11.9 Å². The molecule has 1 rings (SSSR count). The van der Waals surface area contributed by atoms with Gasteiger partial charge in [-0.25, -0.2) is 4.79 Å². The summed E-state index contributed by atoms with van der Waals surface area (Å²) in [5.41, 5.74) is 1.80. The Morgan fingerprint density at radius 3 is 2.42 bits per heavy atom. The molecule has 0 saturated carbocycles. The van der Waals surface area contributed by atoms with Crippen molar-refractivity contribution in [1.82, 2.24) is 5.32 Å². The Morgan fingerprint density at radius 1 is 1.32 bits per heavy atom. The summed E-state index contributed by atoms with van der Waals surface area (Å²) in [4.78, 5) is 11.7. The Balaban J connectivity index is 2.41. The van der Waals surface area contributed by atoms with E-state index in [0.717, 1.165) is 11.3 Å². The molecule has 0 unspecified atom stereocenters. The molecule has 0 spiro atoms. The molecule has 4 heteroatoms. The van der Waals surface area contributed by atoms with Crippen LogP contribution in [0.4, 0.5) is 10.5 Å². The van der Waals surface area contributed by atoms with Crippen molar-refractivity contribution in [2.45, 2.75) is 40.2 Å². The van der Waals surface area contributed by atoms with Gasteiger partial charge in [0.2, 0.25) is 0 Å². The van der Waals surface area contributed by atoms with Gasteiger partial charge in [-0.2, -0.15) is 0 Å². The monoisotopic (exact) mass is 264 g/mol. The van der Waals surface area contributed by atoms with Gasteiger partial charge in [0.15, 0.2) is 0 Å². The van der Waals surface area contributed by atoms with E-state index in [2.05, 4.69) is 10.6 Å². The molecule has 0 aromatic heterocycles. The molecule has 1 aromatic carbocycles. The van der Waals surface area contributed by atoms with Gasteiger partial charge in [-0.1, -0.05) is 31.5 Å². The van der Waals surface area contributed by atoms with Gasteiger partial charge in [0, 0.05) is 12.2 Å². The lowest BCUT2D eigenvalue weighted by Gasteiger charge is -2.26. The van der Waals surface area contributed by atoms with Gasteiger partial charge in [0.25, 0.3) is 0 Å². The van der Waals surface area contributed by atoms with Crippen LogP contribution in [0.1, 0.15) is 32.8 Å². The lowest BCUT2D eigenvalue weighted by molar-refractivity contribution is 0.129. The van der Waals surface area contributed by atoms with Crippen LogP contribution in [0.25, 0.3) is 0 Å². The third kappa shape index (κ3) is 6.25. The molecule has 19 heavy (non-hydrogen) atoms. The number of carbonyl (C=O) groups is 1. The van der Waals surface area contributed by atoms with Crippen LogP contribution < -0.4 is 10.6 Å². The number of urea groups is 1. The van der Waals surface area contributed by atoms with E-state index >= 15 is 0 Å². The molecular weight excluding hydrogens is 240 g/mol. The summed E-state index contributed by atoms with van der Waals surface area (Å²) in [5, 5.41) is 15.0. The van der Waals surface area contributed by atoms with E-state index in [-0.39, 0.29) is 17.6 Å². The van der Waals surface area contributed by atoms with Crippen LogP contribution in [0, 0.1) is 12.3 Å². The lowest BCUT2D eigenvalue weighted by Crippen LogP contribution is -2.38. The maximum atomic E-state index is 11.7. The van der Waals surface area contributed by atoms with Crippen LogP contribution in [0.3, 0.4) is 0 Å². The molecule has 4 nitrogen and oxygen atoms in total. The van der Waals surface area contributed by atoms with Crippen LogP contribution in [-0.2, 0) is 0 Å². The number of hydrogen-bond acceptors (Lipinski definition) is 2. The second-order valence-electron chi connectivity index (χ2n) is 5.89. The Morgan fingerprint density at radius 2 is 1.89 bits per heavy atom. The van der Waals surface area contributed by atoms with Crippen molar-refractivity contribution in [2.24, 2.45) is 5.41 Å². The van der Waals surface area contributed by atoms with E-state index in [9.17, 15) is 9.90 Å². The number of anilines is 1. The maximum absolute atomic E-state index is 11.7. The number of benzene rings is 1. The second-order valence-corrected chi connectivity index (χ2v) is 5.89. The first-order valence-electron chi connectivity index (χ1n) is 6.58. The minimum atomic E-state index is -0.364. The quantitative estimate of drug-likeness (QED) is 0.765. The molecule has 0 radical (unpaired) electrons. The van der Waals surface area contributed by atoms with Gasteiger partial charge in [0.1, 0.15) is 0 Å². The highest BCUT2D eigenvalue weighted by Gasteiger charge is 2.20. The number of nitrogens with one attached hydrogen (secondary N) is 2. The van der Waals surface area contributed by atoms with Gasteiger partial charge in [0.05, 0.1) is 6.10 Å².